The van der Waals surface area contributed by atoms with Gasteiger partial charge in [-0.05, 0) is 138 Å². The van der Waals surface area contributed by atoms with Gasteiger partial charge in [-0.2, -0.15) is 0 Å². The molecule has 4 aromatic heterocycles. The van der Waals surface area contributed by atoms with Gasteiger partial charge in [-0.3, -0.25) is 0 Å². The van der Waals surface area contributed by atoms with E-state index >= 15 is 0 Å². The highest BCUT2D eigenvalue weighted by atomic mass is 35.5. The Labute approximate surface area is 637 Å². The standard InChI is InChI=1S/C45H28N2O2.C31H29BO3.C20H11ClN2O.CH4/c1-3-16-32(17-4-1)45(33-18-5-2-6-19-33)36-22-10-12-25-39(36)49-42-35(21-13-23-37(42)45)44-46-40(31-27-26-29-14-7-8-15-30(29)28-31)43-41(47-44)34-20-9-11-24-38(34)48-43;1-29(2)30(3,4)35-32(34-29)26-20-13-19-25-28(26)33-27-21-12-11-18-24(27)31(25,22-14-7-5-8-15-22)23-16-9-6-10-17-23;21-20-22-17(14-10-9-12-5-1-2-6-13(12)11-14)19-18(23-20)15-7-3-4-8-16(15)24-19;/h1-28H;5-21H,1-4H3;1-11H;1H4. The molecule has 0 unspecified atom stereocenters. The van der Waals surface area contributed by atoms with E-state index in [9.17, 15) is 0 Å². The fourth-order valence-corrected chi connectivity index (χ4v) is 16.3. The van der Waals surface area contributed by atoms with Crippen molar-refractivity contribution < 1.29 is 27.6 Å². The van der Waals surface area contributed by atoms with Crippen LogP contribution >= 0.6 is 11.6 Å². The van der Waals surface area contributed by atoms with E-state index in [1.807, 2.05) is 72.8 Å². The second-order valence-electron chi connectivity index (χ2n) is 28.6. The van der Waals surface area contributed by atoms with Crippen LogP contribution in [0.5, 0.6) is 23.0 Å². The monoisotopic (exact) mass is 1430 g/mol. The predicted octanol–water partition coefficient (Wildman–Crippen LogP) is 24.3. The van der Waals surface area contributed by atoms with Crippen LogP contribution in [0.25, 0.3) is 99.6 Å². The Morgan fingerprint density at radius 1 is 0.330 bits per heavy atom. The zero-order valence-electron chi connectivity index (χ0n) is 59.5. The largest absolute Gasteiger partial charge is 0.498 e. The van der Waals surface area contributed by atoms with E-state index in [1.165, 1.54) is 21.9 Å². The van der Waals surface area contributed by atoms with Crippen LogP contribution in [0.4, 0.5) is 0 Å². The minimum atomic E-state index is -0.643. The summed E-state index contributed by atoms with van der Waals surface area (Å²) in [6.07, 6.45) is 0. The molecule has 10 nitrogen and oxygen atoms in total. The molecule has 0 amide bonds. The van der Waals surface area contributed by atoms with Crippen LogP contribution in [0.3, 0.4) is 0 Å². The molecule has 0 spiro atoms. The molecular formula is C97H72BClN4O6. The Hall–Kier alpha value is -12.8. The summed E-state index contributed by atoms with van der Waals surface area (Å²) in [5.74, 6) is 3.77. The topological polar surface area (TPSA) is 115 Å². The summed E-state index contributed by atoms with van der Waals surface area (Å²) in [7, 11) is -0.524. The smallest absolute Gasteiger partial charge is 0.457 e. The number of halogens is 1. The van der Waals surface area contributed by atoms with Crippen LogP contribution < -0.4 is 14.9 Å². The number of furan rings is 2. The van der Waals surface area contributed by atoms with E-state index in [-0.39, 0.29) is 12.7 Å². The number of ether oxygens (including phenoxy) is 2. The first kappa shape index (κ1) is 68.1. The lowest BCUT2D eigenvalue weighted by atomic mass is 9.62. The van der Waals surface area contributed by atoms with Crippen LogP contribution in [0.2, 0.25) is 5.28 Å². The number of aromatic nitrogens is 4. The first-order chi connectivity index (χ1) is 52.9. The summed E-state index contributed by atoms with van der Waals surface area (Å²) in [5.41, 5.74) is 16.5. The lowest BCUT2D eigenvalue weighted by molar-refractivity contribution is 0.00578. The molecule has 1 fully saturated rings. The molecule has 0 aliphatic carbocycles. The maximum absolute atomic E-state index is 6.94. The summed E-state index contributed by atoms with van der Waals surface area (Å²) in [4.78, 5) is 19.4. The number of benzene rings is 14. The molecule has 0 N–H and O–H groups in total. The molecule has 7 heterocycles. The molecule has 1 saturated heterocycles. The van der Waals surface area contributed by atoms with Crippen LogP contribution in [-0.2, 0) is 20.1 Å². The van der Waals surface area contributed by atoms with Gasteiger partial charge in [0.05, 0.1) is 27.6 Å². The lowest BCUT2D eigenvalue weighted by Gasteiger charge is -2.42. The van der Waals surface area contributed by atoms with Gasteiger partial charge in [-0.1, -0.05) is 293 Å². The van der Waals surface area contributed by atoms with Gasteiger partial charge in [0.2, 0.25) is 5.28 Å². The molecule has 12 heteroatoms. The third-order valence-corrected chi connectivity index (χ3v) is 22.1. The predicted molar refractivity (Wildman–Crippen MR) is 441 cm³/mol. The Kier molecular flexibility index (Phi) is 17.0. The van der Waals surface area contributed by atoms with Crippen molar-refractivity contribution in [1.82, 2.24) is 19.9 Å². The molecule has 0 saturated carbocycles. The third-order valence-electron chi connectivity index (χ3n) is 21.9. The zero-order valence-corrected chi connectivity index (χ0v) is 60.3. The molecule has 14 aromatic carbocycles. The van der Waals surface area contributed by atoms with Gasteiger partial charge in [-0.25, -0.2) is 19.9 Å². The van der Waals surface area contributed by atoms with Crippen LogP contribution in [0, 0.1) is 0 Å². The van der Waals surface area contributed by atoms with Crippen molar-refractivity contribution in [3.63, 3.8) is 0 Å². The number of hydrogen-bond acceptors (Lipinski definition) is 10. The summed E-state index contributed by atoms with van der Waals surface area (Å²) in [6, 6.07) is 117. The minimum Gasteiger partial charge on any atom is -0.457 e. The number of para-hydroxylation sites is 6. The molecule has 18 aromatic rings. The summed E-state index contributed by atoms with van der Waals surface area (Å²) >= 11 is 6.19. The summed E-state index contributed by atoms with van der Waals surface area (Å²) in [5, 5.41) is 6.75. The van der Waals surface area contributed by atoms with Crippen molar-refractivity contribution in [2.75, 3.05) is 0 Å². The van der Waals surface area contributed by atoms with Crippen molar-refractivity contribution in [2.45, 2.75) is 57.2 Å². The number of fused-ring (bicyclic) bond motifs is 12. The quantitative estimate of drug-likeness (QED) is 0.108. The molecule has 0 atom stereocenters. The van der Waals surface area contributed by atoms with Crippen molar-refractivity contribution in [3.05, 3.63) is 390 Å². The normalized spacial score (nSPS) is 14.6. The zero-order chi connectivity index (χ0) is 72.7. The highest BCUT2D eigenvalue weighted by Crippen LogP contribution is 2.59. The molecule has 3 aliphatic rings. The van der Waals surface area contributed by atoms with Gasteiger partial charge in [0.1, 0.15) is 56.6 Å². The fourth-order valence-electron chi connectivity index (χ4n) is 16.1. The highest BCUT2D eigenvalue weighted by Gasteiger charge is 2.55. The Bertz CT molecular complexity index is 6410. The molecule has 3 aliphatic heterocycles. The van der Waals surface area contributed by atoms with Gasteiger partial charge in [0, 0.05) is 49.6 Å². The van der Waals surface area contributed by atoms with Gasteiger partial charge < -0.3 is 27.6 Å². The van der Waals surface area contributed by atoms with E-state index < -0.39 is 29.2 Å². The van der Waals surface area contributed by atoms with Crippen molar-refractivity contribution >= 4 is 89.9 Å². The van der Waals surface area contributed by atoms with Crippen molar-refractivity contribution in [2.24, 2.45) is 0 Å². The van der Waals surface area contributed by atoms with Gasteiger partial charge in [0.15, 0.2) is 17.0 Å². The number of nitrogens with zero attached hydrogens (tertiary/aromatic N) is 4. The SMILES string of the molecule is C.CC1(C)OB(c2cccc3c2Oc2ccccc2C3(c2ccccc2)c2ccccc2)OC1(C)C.Clc1nc(-c2ccc3ccccc3c2)c2oc3ccccc3c2n1.c1ccc(C2(c3ccccc3)c3ccccc3Oc3c(-c4nc(-c5ccc6ccccc6c5)c5oc6ccccc6c5n4)cccc32)cc1. The fraction of sp³-hybridized carbons (Fsp3) is 0.0928. The molecule has 21 rings (SSSR count). The van der Waals surface area contributed by atoms with Gasteiger partial charge >= 0.3 is 7.12 Å². The van der Waals surface area contributed by atoms with Crippen molar-refractivity contribution in [1.29, 1.82) is 0 Å². The van der Waals surface area contributed by atoms with E-state index in [4.69, 9.17) is 49.2 Å². The number of rotatable bonds is 8. The van der Waals surface area contributed by atoms with Crippen LogP contribution in [0.1, 0.15) is 79.6 Å². The summed E-state index contributed by atoms with van der Waals surface area (Å²) < 4.78 is 39.1. The Morgan fingerprint density at radius 3 is 1.21 bits per heavy atom. The minimum absolute atomic E-state index is 0. The second kappa shape index (κ2) is 27.2. The van der Waals surface area contributed by atoms with Crippen molar-refractivity contribution in [3.8, 4) is 56.9 Å². The average Bonchev–Trinajstić information content (AvgIpc) is 1.00. The van der Waals surface area contributed by atoms with Crippen LogP contribution in [0.15, 0.2) is 349 Å². The third kappa shape index (κ3) is 11.3. The van der Waals surface area contributed by atoms with E-state index in [2.05, 4.69) is 305 Å². The molecule has 109 heavy (non-hydrogen) atoms. The second-order valence-corrected chi connectivity index (χ2v) is 28.9. The first-order valence-corrected chi connectivity index (χ1v) is 36.7. The van der Waals surface area contributed by atoms with Gasteiger partial charge in [0.25, 0.3) is 0 Å². The van der Waals surface area contributed by atoms with E-state index in [0.717, 1.165) is 128 Å². The maximum atomic E-state index is 6.94. The van der Waals surface area contributed by atoms with Gasteiger partial charge in [-0.15, -0.1) is 0 Å². The highest BCUT2D eigenvalue weighted by molar-refractivity contribution is 6.63. The number of hydrogen-bond donors (Lipinski definition) is 0. The Balaban J connectivity index is 0.000000122. The molecule has 0 radical (unpaired) electrons. The summed E-state index contributed by atoms with van der Waals surface area (Å²) in [6.45, 7) is 8.32. The average molecular weight is 1440 g/mol. The molecular weight excluding hydrogens is 1360 g/mol. The molecule has 0 bridgehead atoms. The molecule has 526 valence electrons. The van der Waals surface area contributed by atoms with E-state index in [0.29, 0.717) is 22.7 Å². The lowest BCUT2D eigenvalue weighted by Crippen LogP contribution is -2.41. The van der Waals surface area contributed by atoms with E-state index in [1.54, 1.807) is 0 Å². The van der Waals surface area contributed by atoms with Crippen LogP contribution in [-0.4, -0.2) is 38.3 Å². The first-order valence-electron chi connectivity index (χ1n) is 36.4. The maximum Gasteiger partial charge on any atom is 0.498 e. The Morgan fingerprint density at radius 2 is 0.716 bits per heavy atom.